The van der Waals surface area contributed by atoms with Crippen LogP contribution in [-0.4, -0.2) is 51.4 Å². The molecule has 0 fully saturated rings. The molecule has 0 bridgehead atoms. The summed E-state index contributed by atoms with van der Waals surface area (Å²) in [6, 6.07) is 21.3. The summed E-state index contributed by atoms with van der Waals surface area (Å²) in [7, 11) is -2.63. The fourth-order valence-corrected chi connectivity index (χ4v) is 5.39. The summed E-state index contributed by atoms with van der Waals surface area (Å²) in [4.78, 5) is 28.3. The topological polar surface area (TPSA) is 96.0 Å². The number of rotatable bonds is 12. The van der Waals surface area contributed by atoms with Crippen LogP contribution >= 0.6 is 0 Å². The van der Waals surface area contributed by atoms with E-state index in [0.29, 0.717) is 12.3 Å². The van der Waals surface area contributed by atoms with Crippen molar-refractivity contribution in [1.29, 1.82) is 0 Å². The van der Waals surface area contributed by atoms with Gasteiger partial charge in [-0.15, -0.1) is 0 Å². The minimum Gasteiger partial charge on any atom is -0.497 e. The Morgan fingerprint density at radius 3 is 2.32 bits per heavy atom. The Hall–Kier alpha value is -3.85. The fourth-order valence-electron chi connectivity index (χ4n) is 3.96. The van der Waals surface area contributed by atoms with E-state index in [1.807, 2.05) is 38.1 Å². The highest BCUT2D eigenvalue weighted by Gasteiger charge is 2.32. The van der Waals surface area contributed by atoms with Crippen molar-refractivity contribution in [2.45, 2.75) is 44.7 Å². The van der Waals surface area contributed by atoms with Crippen LogP contribution in [0.25, 0.3) is 0 Å². The Balaban J connectivity index is 2.03. The molecule has 38 heavy (non-hydrogen) atoms. The van der Waals surface area contributed by atoms with E-state index in [-0.39, 0.29) is 23.0 Å². The molecule has 0 aliphatic heterocycles. The maximum atomic E-state index is 13.9. The number of methoxy groups -OCH3 is 1. The number of sulfonamides is 1. The van der Waals surface area contributed by atoms with Gasteiger partial charge in [0, 0.05) is 19.2 Å². The minimum atomic E-state index is -4.12. The third-order valence-electron chi connectivity index (χ3n) is 6.27. The molecule has 0 heterocycles. The molecule has 1 atom stereocenters. The number of nitrogens with zero attached hydrogens (tertiary/aromatic N) is 2. The van der Waals surface area contributed by atoms with Gasteiger partial charge in [-0.3, -0.25) is 13.9 Å². The van der Waals surface area contributed by atoms with E-state index < -0.39 is 28.5 Å². The first-order valence-corrected chi connectivity index (χ1v) is 14.0. The van der Waals surface area contributed by atoms with Gasteiger partial charge < -0.3 is 15.0 Å². The van der Waals surface area contributed by atoms with Gasteiger partial charge in [0.15, 0.2) is 0 Å². The molecule has 3 aromatic rings. The highest BCUT2D eigenvalue weighted by Crippen LogP contribution is 2.27. The number of benzene rings is 3. The molecule has 1 N–H and O–H groups in total. The van der Waals surface area contributed by atoms with E-state index >= 15 is 0 Å². The number of nitrogens with one attached hydrogen (secondary N) is 1. The van der Waals surface area contributed by atoms with Crippen LogP contribution in [0.4, 0.5) is 5.69 Å². The summed E-state index contributed by atoms with van der Waals surface area (Å²) < 4.78 is 33.9. The van der Waals surface area contributed by atoms with Crippen LogP contribution in [0.2, 0.25) is 0 Å². The molecule has 0 radical (unpaired) electrons. The van der Waals surface area contributed by atoms with Crippen LogP contribution in [0.1, 0.15) is 31.4 Å². The zero-order chi connectivity index (χ0) is 27.7. The average Bonchev–Trinajstić information content (AvgIpc) is 2.94. The summed E-state index contributed by atoms with van der Waals surface area (Å²) in [5.74, 6) is -0.352. The molecule has 202 valence electrons. The van der Waals surface area contributed by atoms with E-state index in [1.165, 1.54) is 24.1 Å². The van der Waals surface area contributed by atoms with Gasteiger partial charge in [-0.2, -0.15) is 0 Å². The third kappa shape index (κ3) is 6.92. The normalized spacial score (nSPS) is 11.9. The lowest BCUT2D eigenvalue weighted by atomic mass is 10.1. The zero-order valence-electron chi connectivity index (χ0n) is 22.3. The standard InChI is InChI=1S/C29H35N3O5S/c1-5-18-30-29(34)23(3)31(20-24-13-10-9-12-22(24)2)28(33)21-32(25-14-11-15-26(19-25)37-4)38(35,36)27-16-7-6-8-17-27/h6-17,19,23H,5,18,20-21H2,1-4H3,(H,30,34)/t23-/m0/s1. The number of carbonyl (C=O) groups is 2. The molecule has 8 nitrogen and oxygen atoms in total. The molecular weight excluding hydrogens is 502 g/mol. The Morgan fingerprint density at radius 2 is 1.66 bits per heavy atom. The van der Waals surface area contributed by atoms with Crippen LogP contribution in [0.5, 0.6) is 5.75 Å². The van der Waals surface area contributed by atoms with E-state index in [9.17, 15) is 18.0 Å². The molecule has 3 rings (SSSR count). The van der Waals surface area contributed by atoms with Gasteiger partial charge in [0.1, 0.15) is 18.3 Å². The van der Waals surface area contributed by atoms with E-state index in [0.717, 1.165) is 21.9 Å². The largest absolute Gasteiger partial charge is 0.497 e. The Labute approximate surface area is 225 Å². The predicted molar refractivity (Wildman–Crippen MR) is 148 cm³/mol. The molecule has 9 heteroatoms. The van der Waals surface area contributed by atoms with E-state index in [4.69, 9.17) is 4.74 Å². The summed E-state index contributed by atoms with van der Waals surface area (Å²) >= 11 is 0. The highest BCUT2D eigenvalue weighted by molar-refractivity contribution is 7.92. The number of hydrogen-bond acceptors (Lipinski definition) is 5. The summed E-state index contributed by atoms with van der Waals surface area (Å²) in [5, 5.41) is 2.84. The first-order chi connectivity index (χ1) is 18.2. The Kier molecular flexibility index (Phi) is 9.90. The SMILES string of the molecule is CCCNC(=O)[C@H](C)N(Cc1ccccc1C)C(=O)CN(c1cccc(OC)c1)S(=O)(=O)c1ccccc1. The lowest BCUT2D eigenvalue weighted by Gasteiger charge is -2.32. The summed E-state index contributed by atoms with van der Waals surface area (Å²) in [5.41, 5.74) is 2.11. The first-order valence-electron chi connectivity index (χ1n) is 12.5. The van der Waals surface area contributed by atoms with E-state index in [2.05, 4.69) is 5.32 Å². The lowest BCUT2D eigenvalue weighted by Crippen LogP contribution is -2.51. The second-order valence-electron chi connectivity index (χ2n) is 8.94. The maximum absolute atomic E-state index is 13.9. The van der Waals surface area contributed by atoms with Gasteiger partial charge in [-0.05, 0) is 55.7 Å². The fraction of sp³-hybridized carbons (Fsp3) is 0.310. The predicted octanol–water partition coefficient (Wildman–Crippen LogP) is 4.14. The number of anilines is 1. The summed E-state index contributed by atoms with van der Waals surface area (Å²) in [6.07, 6.45) is 0.753. The van der Waals surface area contributed by atoms with Crippen LogP contribution in [0, 0.1) is 6.92 Å². The number of hydrogen-bond donors (Lipinski definition) is 1. The quantitative estimate of drug-likeness (QED) is 0.375. The van der Waals surface area contributed by atoms with E-state index in [1.54, 1.807) is 49.4 Å². The van der Waals surface area contributed by atoms with Crippen molar-refractivity contribution in [1.82, 2.24) is 10.2 Å². The van der Waals surface area contributed by atoms with Crippen LogP contribution < -0.4 is 14.4 Å². The molecule has 0 saturated heterocycles. The lowest BCUT2D eigenvalue weighted by molar-refractivity contribution is -0.139. The van der Waals surface area contributed by atoms with Gasteiger partial charge in [-0.25, -0.2) is 8.42 Å². The third-order valence-corrected chi connectivity index (χ3v) is 8.06. The first kappa shape index (κ1) is 28.7. The number of aryl methyl sites for hydroxylation is 1. The second-order valence-corrected chi connectivity index (χ2v) is 10.8. The van der Waals surface area contributed by atoms with Crippen molar-refractivity contribution >= 4 is 27.5 Å². The number of ether oxygens (including phenoxy) is 1. The molecular formula is C29H35N3O5S. The zero-order valence-corrected chi connectivity index (χ0v) is 23.1. The maximum Gasteiger partial charge on any atom is 0.264 e. The van der Waals surface area contributed by atoms with Gasteiger partial charge in [0.2, 0.25) is 11.8 Å². The van der Waals surface area contributed by atoms with Crippen LogP contribution in [0.15, 0.2) is 83.8 Å². The van der Waals surface area contributed by atoms with Crippen molar-refractivity contribution in [3.05, 3.63) is 90.0 Å². The summed E-state index contributed by atoms with van der Waals surface area (Å²) in [6.45, 7) is 5.67. The smallest absolute Gasteiger partial charge is 0.264 e. The van der Waals surface area contributed by atoms with Crippen molar-refractivity contribution in [2.75, 3.05) is 24.5 Å². The molecule has 2 amide bonds. The molecule has 0 unspecified atom stereocenters. The van der Waals surface area contributed by atoms with Gasteiger partial charge in [-0.1, -0.05) is 55.5 Å². The highest BCUT2D eigenvalue weighted by atomic mass is 32.2. The number of amides is 2. The Bertz CT molecular complexity index is 1350. The van der Waals surface area contributed by atoms with Gasteiger partial charge in [0.25, 0.3) is 10.0 Å². The second kappa shape index (κ2) is 13.1. The average molecular weight is 538 g/mol. The minimum absolute atomic E-state index is 0.0508. The molecule has 0 spiro atoms. The van der Waals surface area contributed by atoms with Gasteiger partial charge in [0.05, 0.1) is 17.7 Å². The van der Waals surface area contributed by atoms with Gasteiger partial charge >= 0.3 is 0 Å². The van der Waals surface area contributed by atoms with Crippen molar-refractivity contribution < 1.29 is 22.7 Å². The van der Waals surface area contributed by atoms with Crippen molar-refractivity contribution in [3.63, 3.8) is 0 Å². The number of carbonyl (C=O) groups excluding carboxylic acids is 2. The monoisotopic (exact) mass is 537 g/mol. The van der Waals surface area contributed by atoms with Crippen molar-refractivity contribution in [2.24, 2.45) is 0 Å². The van der Waals surface area contributed by atoms with Crippen molar-refractivity contribution in [3.8, 4) is 5.75 Å². The molecule has 0 aromatic heterocycles. The van der Waals surface area contributed by atoms with Crippen LogP contribution in [0.3, 0.4) is 0 Å². The molecule has 0 aliphatic rings. The Morgan fingerprint density at radius 1 is 0.974 bits per heavy atom. The molecule has 0 aliphatic carbocycles. The van der Waals surface area contributed by atoms with Crippen LogP contribution in [-0.2, 0) is 26.2 Å². The molecule has 3 aromatic carbocycles. The molecule has 0 saturated carbocycles.